The van der Waals surface area contributed by atoms with Crippen molar-refractivity contribution in [3.8, 4) is 0 Å². The first kappa shape index (κ1) is 14.5. The highest BCUT2D eigenvalue weighted by atomic mass is 16.6. The molecule has 0 radical (unpaired) electrons. The summed E-state index contributed by atoms with van der Waals surface area (Å²) in [5.74, 6) is 0.0716. The average Bonchev–Trinajstić information content (AvgIpc) is 2.89. The van der Waals surface area contributed by atoms with Crippen LogP contribution in [0.2, 0.25) is 0 Å². The topological polar surface area (TPSA) is 85.8 Å². The van der Waals surface area contributed by atoms with Gasteiger partial charge in [0.2, 0.25) is 0 Å². The number of hydrogen-bond donors (Lipinski definition) is 0. The molecule has 1 unspecified atom stereocenters. The molecule has 0 N–H and O–H groups in total. The lowest BCUT2D eigenvalue weighted by Gasteiger charge is -2.34. The number of nitro groups is 1. The minimum absolute atomic E-state index is 0.111. The van der Waals surface area contributed by atoms with Crippen LogP contribution in [0.25, 0.3) is 0 Å². The summed E-state index contributed by atoms with van der Waals surface area (Å²) in [7, 11) is 1.38. The van der Waals surface area contributed by atoms with Gasteiger partial charge in [-0.05, 0) is 25.5 Å². The quantitative estimate of drug-likeness (QED) is 0.467. The normalized spacial score (nSPS) is 19.8. The van der Waals surface area contributed by atoms with Crippen molar-refractivity contribution >= 4 is 11.9 Å². The van der Waals surface area contributed by atoms with Gasteiger partial charge in [0.1, 0.15) is 10.7 Å². The highest BCUT2D eigenvalue weighted by molar-refractivity contribution is 5.69. The molecule has 110 valence electrons. The number of likely N-dealkylation sites (tertiary alicyclic amines) is 1. The van der Waals surface area contributed by atoms with Crippen LogP contribution in [0.3, 0.4) is 0 Å². The first-order valence-electron chi connectivity index (χ1n) is 6.64. The third kappa shape index (κ3) is 3.57. The van der Waals surface area contributed by atoms with Gasteiger partial charge < -0.3 is 9.15 Å². The number of esters is 1. The Morgan fingerprint density at radius 2 is 2.35 bits per heavy atom. The van der Waals surface area contributed by atoms with Gasteiger partial charge in [0.15, 0.2) is 0 Å². The second-order valence-electron chi connectivity index (χ2n) is 4.90. The van der Waals surface area contributed by atoms with E-state index < -0.39 is 4.92 Å². The molecule has 2 heterocycles. The average molecular weight is 282 g/mol. The molecule has 0 aliphatic carbocycles. The van der Waals surface area contributed by atoms with E-state index in [0.29, 0.717) is 18.7 Å². The molecule has 0 aromatic carbocycles. The Labute approximate surface area is 116 Å². The molecule has 0 bridgehead atoms. The van der Waals surface area contributed by atoms with E-state index in [2.05, 4.69) is 4.90 Å². The smallest absolute Gasteiger partial charge is 0.433 e. The van der Waals surface area contributed by atoms with Crippen molar-refractivity contribution in [2.45, 2.75) is 38.3 Å². The maximum Gasteiger partial charge on any atom is 0.433 e. The molecule has 2 rings (SSSR count). The van der Waals surface area contributed by atoms with Crippen molar-refractivity contribution < 1.29 is 18.9 Å². The zero-order valence-corrected chi connectivity index (χ0v) is 11.4. The lowest BCUT2D eigenvalue weighted by Crippen LogP contribution is -2.40. The molecular formula is C13H18N2O5. The van der Waals surface area contributed by atoms with Crippen LogP contribution in [0.1, 0.15) is 31.4 Å². The fourth-order valence-electron chi connectivity index (χ4n) is 2.52. The lowest BCUT2D eigenvalue weighted by molar-refractivity contribution is -0.402. The van der Waals surface area contributed by atoms with Gasteiger partial charge in [-0.2, -0.15) is 0 Å². The number of rotatable bonds is 5. The Morgan fingerprint density at radius 1 is 1.55 bits per heavy atom. The molecule has 20 heavy (non-hydrogen) atoms. The van der Waals surface area contributed by atoms with E-state index >= 15 is 0 Å². The molecule has 1 aliphatic heterocycles. The number of furan rings is 1. The molecule has 1 fully saturated rings. The predicted molar refractivity (Wildman–Crippen MR) is 70.0 cm³/mol. The molecule has 0 saturated carbocycles. The molecule has 7 heteroatoms. The van der Waals surface area contributed by atoms with E-state index in [0.717, 1.165) is 25.8 Å². The number of piperidine rings is 1. The first-order chi connectivity index (χ1) is 9.60. The number of hydrogen-bond acceptors (Lipinski definition) is 6. The second kappa shape index (κ2) is 6.51. The molecular weight excluding hydrogens is 264 g/mol. The van der Waals surface area contributed by atoms with Crippen LogP contribution in [0.4, 0.5) is 5.88 Å². The fraction of sp³-hybridized carbons (Fsp3) is 0.615. The van der Waals surface area contributed by atoms with Crippen molar-refractivity contribution in [2.24, 2.45) is 0 Å². The van der Waals surface area contributed by atoms with Gasteiger partial charge in [-0.3, -0.25) is 19.8 Å². The SMILES string of the molecule is COC(=O)CC1CCCCN1Cc1ccc([N+](=O)[O-])o1. The Balaban J connectivity index is 2.00. The van der Waals surface area contributed by atoms with E-state index in [1.54, 1.807) is 6.07 Å². The number of nitrogens with zero attached hydrogens (tertiary/aromatic N) is 2. The van der Waals surface area contributed by atoms with Crippen molar-refractivity contribution in [3.63, 3.8) is 0 Å². The zero-order valence-electron chi connectivity index (χ0n) is 11.4. The van der Waals surface area contributed by atoms with E-state index in [-0.39, 0.29) is 17.9 Å². The predicted octanol–water partition coefficient (Wildman–Crippen LogP) is 2.11. The monoisotopic (exact) mass is 282 g/mol. The summed E-state index contributed by atoms with van der Waals surface area (Å²) >= 11 is 0. The fourth-order valence-corrected chi connectivity index (χ4v) is 2.52. The Hall–Kier alpha value is -1.89. The first-order valence-corrected chi connectivity index (χ1v) is 6.64. The van der Waals surface area contributed by atoms with E-state index in [9.17, 15) is 14.9 Å². The maximum absolute atomic E-state index is 11.4. The van der Waals surface area contributed by atoms with Gasteiger partial charge in [0, 0.05) is 6.04 Å². The second-order valence-corrected chi connectivity index (χ2v) is 4.90. The molecule has 1 aromatic rings. The summed E-state index contributed by atoms with van der Waals surface area (Å²) in [6, 6.07) is 3.08. The van der Waals surface area contributed by atoms with Gasteiger partial charge in [-0.15, -0.1) is 0 Å². The summed E-state index contributed by atoms with van der Waals surface area (Å²) in [5, 5.41) is 10.6. The molecule has 1 atom stereocenters. The largest absolute Gasteiger partial charge is 0.469 e. The Kier molecular flexibility index (Phi) is 4.73. The maximum atomic E-state index is 11.4. The Bertz CT molecular complexity index is 485. The van der Waals surface area contributed by atoms with Gasteiger partial charge in [-0.25, -0.2) is 0 Å². The highest BCUT2D eigenvalue weighted by Gasteiger charge is 2.26. The summed E-state index contributed by atoms with van der Waals surface area (Å²) in [6.45, 7) is 1.34. The molecule has 0 amide bonds. The van der Waals surface area contributed by atoms with Crippen molar-refractivity contribution in [3.05, 3.63) is 28.0 Å². The summed E-state index contributed by atoms with van der Waals surface area (Å²) in [6.07, 6.45) is 3.41. The van der Waals surface area contributed by atoms with Crippen LogP contribution in [0, 0.1) is 10.1 Å². The summed E-state index contributed by atoms with van der Waals surface area (Å²) in [4.78, 5) is 23.6. The summed E-state index contributed by atoms with van der Waals surface area (Å²) in [5.41, 5.74) is 0. The van der Waals surface area contributed by atoms with Crippen LogP contribution in [-0.4, -0.2) is 35.5 Å². The number of ether oxygens (including phenoxy) is 1. The van der Waals surface area contributed by atoms with Crippen molar-refractivity contribution in [1.82, 2.24) is 4.90 Å². The number of methoxy groups -OCH3 is 1. The van der Waals surface area contributed by atoms with Crippen LogP contribution in [-0.2, 0) is 16.1 Å². The minimum atomic E-state index is -0.550. The van der Waals surface area contributed by atoms with Gasteiger partial charge in [0.05, 0.1) is 26.1 Å². The molecule has 1 aliphatic rings. The van der Waals surface area contributed by atoms with E-state index in [4.69, 9.17) is 9.15 Å². The van der Waals surface area contributed by atoms with Gasteiger partial charge in [-0.1, -0.05) is 6.42 Å². The number of carbonyl (C=O) groups is 1. The third-order valence-corrected chi connectivity index (χ3v) is 3.57. The molecule has 7 nitrogen and oxygen atoms in total. The van der Waals surface area contributed by atoms with Crippen molar-refractivity contribution in [1.29, 1.82) is 0 Å². The van der Waals surface area contributed by atoms with Crippen LogP contribution < -0.4 is 0 Å². The minimum Gasteiger partial charge on any atom is -0.469 e. The standard InChI is InChI=1S/C13H18N2O5/c1-19-13(16)8-10-4-2-3-7-14(10)9-11-5-6-12(20-11)15(17)18/h5-6,10H,2-4,7-9H2,1H3. The number of carbonyl (C=O) groups excluding carboxylic acids is 1. The third-order valence-electron chi connectivity index (χ3n) is 3.57. The Morgan fingerprint density at radius 3 is 3.00 bits per heavy atom. The van der Waals surface area contributed by atoms with Gasteiger partial charge >= 0.3 is 11.9 Å². The van der Waals surface area contributed by atoms with Crippen LogP contribution >= 0.6 is 0 Å². The summed E-state index contributed by atoms with van der Waals surface area (Å²) < 4.78 is 9.88. The van der Waals surface area contributed by atoms with Crippen LogP contribution in [0.5, 0.6) is 0 Å². The molecule has 1 saturated heterocycles. The van der Waals surface area contributed by atoms with Crippen LogP contribution in [0.15, 0.2) is 16.5 Å². The molecule has 1 aromatic heterocycles. The van der Waals surface area contributed by atoms with E-state index in [1.807, 2.05) is 0 Å². The van der Waals surface area contributed by atoms with E-state index in [1.165, 1.54) is 13.2 Å². The highest BCUT2D eigenvalue weighted by Crippen LogP contribution is 2.24. The lowest BCUT2D eigenvalue weighted by atomic mass is 9.99. The van der Waals surface area contributed by atoms with Gasteiger partial charge in [0.25, 0.3) is 0 Å². The van der Waals surface area contributed by atoms with Crippen molar-refractivity contribution in [2.75, 3.05) is 13.7 Å². The molecule has 0 spiro atoms. The zero-order chi connectivity index (χ0) is 14.5.